The molecule has 1 aromatic heterocycles. The van der Waals surface area contributed by atoms with E-state index in [2.05, 4.69) is 4.98 Å². The number of carbonyl (C=O) groups is 1. The number of amides is 1. The summed E-state index contributed by atoms with van der Waals surface area (Å²) >= 11 is 0. The Labute approximate surface area is 91.2 Å². The van der Waals surface area contributed by atoms with Crippen LogP contribution in [0.3, 0.4) is 0 Å². The molecule has 82 valence electrons. The van der Waals surface area contributed by atoms with Crippen molar-refractivity contribution in [2.75, 3.05) is 13.2 Å². The van der Waals surface area contributed by atoms with E-state index in [0.717, 1.165) is 11.1 Å². The molecule has 1 aliphatic heterocycles. The topological polar surface area (TPSA) is 78.4 Å². The number of oxazole rings is 1. The summed E-state index contributed by atoms with van der Waals surface area (Å²) in [5, 5.41) is 0. The minimum absolute atomic E-state index is 0.335. The van der Waals surface area contributed by atoms with E-state index in [1.54, 1.807) is 6.07 Å². The number of ether oxygens (including phenoxy) is 1. The lowest BCUT2D eigenvalue weighted by molar-refractivity contribution is -0.141. The van der Waals surface area contributed by atoms with Gasteiger partial charge in [-0.2, -0.15) is 0 Å². The van der Waals surface area contributed by atoms with Gasteiger partial charge in [0.2, 0.25) is 5.91 Å². The number of primary amides is 1. The summed E-state index contributed by atoms with van der Waals surface area (Å²) in [6.45, 7) is 0.671. The Bertz CT molecular complexity index is 557. The molecule has 0 spiro atoms. The molecular formula is C11H10N2O3. The Kier molecular flexibility index (Phi) is 1.79. The van der Waals surface area contributed by atoms with Crippen LogP contribution in [0.4, 0.5) is 0 Å². The molecule has 1 aliphatic rings. The SMILES string of the molecule is NC(=O)C1(c2ccc3ncoc3c2)COC1. The lowest BCUT2D eigenvalue weighted by Gasteiger charge is -2.38. The third-order valence-corrected chi connectivity index (χ3v) is 3.05. The number of nitrogens with zero attached hydrogens (tertiary/aromatic N) is 1. The van der Waals surface area contributed by atoms with Gasteiger partial charge in [0.15, 0.2) is 12.0 Å². The van der Waals surface area contributed by atoms with Crippen molar-refractivity contribution in [1.29, 1.82) is 0 Å². The highest BCUT2D eigenvalue weighted by Crippen LogP contribution is 2.33. The van der Waals surface area contributed by atoms with Crippen LogP contribution in [0.25, 0.3) is 11.1 Å². The molecule has 2 heterocycles. The minimum atomic E-state index is -0.693. The van der Waals surface area contributed by atoms with E-state index in [-0.39, 0.29) is 5.91 Å². The lowest BCUT2D eigenvalue weighted by atomic mass is 9.78. The van der Waals surface area contributed by atoms with Gasteiger partial charge in [0.1, 0.15) is 10.9 Å². The highest BCUT2D eigenvalue weighted by molar-refractivity contribution is 5.89. The van der Waals surface area contributed by atoms with E-state index < -0.39 is 5.41 Å². The van der Waals surface area contributed by atoms with Gasteiger partial charge in [0.05, 0.1) is 13.2 Å². The number of rotatable bonds is 2. The molecule has 1 aromatic carbocycles. The third kappa shape index (κ3) is 1.09. The maximum atomic E-state index is 11.5. The zero-order valence-corrected chi connectivity index (χ0v) is 8.47. The van der Waals surface area contributed by atoms with Crippen LogP contribution in [0.15, 0.2) is 29.0 Å². The summed E-state index contributed by atoms with van der Waals surface area (Å²) in [6.07, 6.45) is 1.38. The van der Waals surface area contributed by atoms with Crippen molar-refractivity contribution in [3.63, 3.8) is 0 Å². The summed E-state index contributed by atoms with van der Waals surface area (Å²) in [4.78, 5) is 15.5. The number of hydrogen-bond donors (Lipinski definition) is 1. The molecule has 16 heavy (non-hydrogen) atoms. The molecule has 3 rings (SSSR count). The molecule has 1 amide bonds. The summed E-state index contributed by atoms with van der Waals surface area (Å²) in [5.74, 6) is -0.363. The molecule has 5 heteroatoms. The Morgan fingerprint density at radius 1 is 1.44 bits per heavy atom. The van der Waals surface area contributed by atoms with Crippen molar-refractivity contribution in [3.05, 3.63) is 30.2 Å². The van der Waals surface area contributed by atoms with Crippen molar-refractivity contribution in [2.45, 2.75) is 5.41 Å². The normalized spacial score (nSPS) is 18.2. The number of nitrogens with two attached hydrogens (primary N) is 1. The fraction of sp³-hybridized carbons (Fsp3) is 0.273. The van der Waals surface area contributed by atoms with Crippen molar-refractivity contribution in [3.8, 4) is 0 Å². The van der Waals surface area contributed by atoms with Gasteiger partial charge in [0.25, 0.3) is 0 Å². The van der Waals surface area contributed by atoms with Crippen molar-refractivity contribution in [2.24, 2.45) is 5.73 Å². The van der Waals surface area contributed by atoms with E-state index >= 15 is 0 Å². The highest BCUT2D eigenvalue weighted by atomic mass is 16.5. The first-order valence-electron chi connectivity index (χ1n) is 4.94. The molecule has 5 nitrogen and oxygen atoms in total. The predicted molar refractivity (Wildman–Crippen MR) is 55.7 cm³/mol. The molecule has 0 saturated carbocycles. The average molecular weight is 218 g/mol. The fourth-order valence-electron chi connectivity index (χ4n) is 1.91. The summed E-state index contributed by atoms with van der Waals surface area (Å²) in [5.41, 5.74) is 6.98. The van der Waals surface area contributed by atoms with Gasteiger partial charge in [0, 0.05) is 0 Å². The second-order valence-corrected chi connectivity index (χ2v) is 3.97. The van der Waals surface area contributed by atoms with Crippen LogP contribution in [-0.2, 0) is 14.9 Å². The molecule has 0 unspecified atom stereocenters. The predicted octanol–water partition coefficient (Wildman–Crippen LogP) is 0.581. The van der Waals surface area contributed by atoms with Crippen LogP contribution in [0, 0.1) is 0 Å². The summed E-state index contributed by atoms with van der Waals surface area (Å²) < 4.78 is 10.3. The molecule has 2 N–H and O–H groups in total. The maximum Gasteiger partial charge on any atom is 0.232 e. The number of carbonyl (C=O) groups excluding carboxylic acids is 1. The lowest BCUT2D eigenvalue weighted by Crippen LogP contribution is -2.56. The Morgan fingerprint density at radius 2 is 2.25 bits per heavy atom. The second-order valence-electron chi connectivity index (χ2n) is 3.97. The smallest absolute Gasteiger partial charge is 0.232 e. The fourth-order valence-corrected chi connectivity index (χ4v) is 1.91. The van der Waals surface area contributed by atoms with Crippen LogP contribution in [0.5, 0.6) is 0 Å². The molecule has 0 aliphatic carbocycles. The van der Waals surface area contributed by atoms with Crippen molar-refractivity contribution in [1.82, 2.24) is 4.98 Å². The van der Waals surface area contributed by atoms with Crippen LogP contribution in [-0.4, -0.2) is 24.1 Å². The van der Waals surface area contributed by atoms with Gasteiger partial charge < -0.3 is 14.9 Å². The van der Waals surface area contributed by atoms with Crippen LogP contribution >= 0.6 is 0 Å². The molecule has 0 radical (unpaired) electrons. The zero-order chi connectivity index (χ0) is 11.2. The summed E-state index contributed by atoms with van der Waals surface area (Å²) in [7, 11) is 0. The van der Waals surface area contributed by atoms with E-state index in [1.807, 2.05) is 12.1 Å². The Hall–Kier alpha value is -1.88. The first kappa shape index (κ1) is 9.35. The average Bonchev–Trinajstić information content (AvgIpc) is 2.62. The van der Waals surface area contributed by atoms with Crippen molar-refractivity contribution >= 4 is 17.0 Å². The van der Waals surface area contributed by atoms with Crippen molar-refractivity contribution < 1.29 is 13.9 Å². The molecule has 1 saturated heterocycles. The van der Waals surface area contributed by atoms with Gasteiger partial charge in [-0.15, -0.1) is 0 Å². The van der Waals surface area contributed by atoms with Crippen LogP contribution < -0.4 is 5.73 Å². The zero-order valence-electron chi connectivity index (χ0n) is 8.47. The second kappa shape index (κ2) is 3.05. The van der Waals surface area contributed by atoms with Gasteiger partial charge in [-0.05, 0) is 17.7 Å². The molecular weight excluding hydrogens is 208 g/mol. The number of hydrogen-bond acceptors (Lipinski definition) is 4. The third-order valence-electron chi connectivity index (χ3n) is 3.05. The van der Waals surface area contributed by atoms with E-state index in [0.29, 0.717) is 18.8 Å². The van der Waals surface area contributed by atoms with Crippen LogP contribution in [0.2, 0.25) is 0 Å². The largest absolute Gasteiger partial charge is 0.443 e. The highest BCUT2D eigenvalue weighted by Gasteiger charge is 2.46. The first-order chi connectivity index (χ1) is 7.72. The molecule has 1 fully saturated rings. The van der Waals surface area contributed by atoms with Gasteiger partial charge >= 0.3 is 0 Å². The molecule has 0 atom stereocenters. The van der Waals surface area contributed by atoms with E-state index in [1.165, 1.54) is 6.39 Å². The quantitative estimate of drug-likeness (QED) is 0.799. The Morgan fingerprint density at radius 3 is 2.88 bits per heavy atom. The monoisotopic (exact) mass is 218 g/mol. The first-order valence-corrected chi connectivity index (χ1v) is 4.94. The molecule has 2 aromatic rings. The minimum Gasteiger partial charge on any atom is -0.443 e. The van der Waals surface area contributed by atoms with Gasteiger partial charge in [-0.25, -0.2) is 4.98 Å². The maximum absolute atomic E-state index is 11.5. The Balaban J connectivity index is 2.14. The summed E-state index contributed by atoms with van der Waals surface area (Å²) in [6, 6.07) is 5.46. The van der Waals surface area contributed by atoms with E-state index in [9.17, 15) is 4.79 Å². The molecule has 0 bridgehead atoms. The van der Waals surface area contributed by atoms with E-state index in [4.69, 9.17) is 14.9 Å². The van der Waals surface area contributed by atoms with Crippen LogP contribution in [0.1, 0.15) is 5.56 Å². The number of aromatic nitrogens is 1. The van der Waals surface area contributed by atoms with Gasteiger partial charge in [-0.1, -0.05) is 6.07 Å². The number of benzene rings is 1. The number of fused-ring (bicyclic) bond motifs is 1. The standard InChI is InChI=1S/C11H10N2O3/c12-10(14)11(4-15-5-11)7-1-2-8-9(3-7)16-6-13-8/h1-3,6H,4-5H2,(H2,12,14). The van der Waals surface area contributed by atoms with Gasteiger partial charge in [-0.3, -0.25) is 4.79 Å².